The van der Waals surface area contributed by atoms with Crippen LogP contribution in [0.3, 0.4) is 0 Å². The summed E-state index contributed by atoms with van der Waals surface area (Å²) in [5, 5.41) is 3.63. The van der Waals surface area contributed by atoms with Crippen LogP contribution in [0.1, 0.15) is 12.8 Å². The average Bonchev–Trinajstić information content (AvgIpc) is 2.57. The molecule has 1 aromatic rings. The van der Waals surface area contributed by atoms with Crippen LogP contribution in [0, 0.1) is 0 Å². The van der Waals surface area contributed by atoms with Gasteiger partial charge in [-0.15, -0.1) is 0 Å². The smallest absolute Gasteiger partial charge is 0.350 e. The van der Waals surface area contributed by atoms with Crippen molar-refractivity contribution in [1.29, 1.82) is 0 Å². The molecule has 86 valence electrons. The maximum Gasteiger partial charge on any atom is 0.350 e. The van der Waals surface area contributed by atoms with Crippen LogP contribution in [0.15, 0.2) is 10.9 Å². The largest absolute Gasteiger partial charge is 0.381 e. The van der Waals surface area contributed by atoms with Crippen molar-refractivity contribution in [1.82, 2.24) is 9.55 Å². The summed E-state index contributed by atoms with van der Waals surface area (Å²) in [7, 11) is 0. The SMILES string of the molecule is O=c1nc(Cl)cc2n1CC1(CCOCC1)N2. The van der Waals surface area contributed by atoms with Crippen molar-refractivity contribution in [2.45, 2.75) is 24.9 Å². The average molecular weight is 242 g/mol. The summed E-state index contributed by atoms with van der Waals surface area (Å²) >= 11 is 5.77. The Kier molecular flexibility index (Phi) is 2.19. The molecule has 5 nitrogen and oxygen atoms in total. The Morgan fingerprint density at radius 1 is 1.50 bits per heavy atom. The van der Waals surface area contributed by atoms with Crippen LogP contribution in [0.4, 0.5) is 5.82 Å². The lowest BCUT2D eigenvalue weighted by Gasteiger charge is -2.32. The number of nitrogens with zero attached hydrogens (tertiary/aromatic N) is 2. The third-order valence-electron chi connectivity index (χ3n) is 3.28. The van der Waals surface area contributed by atoms with Gasteiger partial charge in [-0.05, 0) is 12.8 Å². The van der Waals surface area contributed by atoms with Gasteiger partial charge in [-0.2, -0.15) is 4.98 Å². The first kappa shape index (κ1) is 10.1. The zero-order chi connectivity index (χ0) is 11.2. The molecule has 1 fully saturated rings. The molecule has 2 aliphatic heterocycles. The number of rotatable bonds is 0. The van der Waals surface area contributed by atoms with Gasteiger partial charge >= 0.3 is 5.69 Å². The number of hydrogen-bond donors (Lipinski definition) is 1. The molecule has 1 saturated heterocycles. The van der Waals surface area contributed by atoms with Crippen molar-refractivity contribution in [3.63, 3.8) is 0 Å². The first-order valence-corrected chi connectivity index (χ1v) is 5.70. The van der Waals surface area contributed by atoms with E-state index < -0.39 is 0 Å². The standard InChI is InChI=1S/C10H12ClN3O2/c11-7-5-8-13-10(1-3-16-4-2-10)6-14(8)9(15)12-7/h5,13H,1-4,6H2. The molecule has 1 N–H and O–H groups in total. The van der Waals surface area contributed by atoms with Gasteiger partial charge in [-0.3, -0.25) is 4.57 Å². The van der Waals surface area contributed by atoms with E-state index in [1.54, 1.807) is 10.6 Å². The molecule has 0 amide bonds. The Hall–Kier alpha value is -1.07. The topological polar surface area (TPSA) is 56.2 Å². The lowest BCUT2D eigenvalue weighted by Crippen LogP contribution is -2.43. The second kappa shape index (κ2) is 3.46. The maximum absolute atomic E-state index is 11.7. The number of anilines is 1. The predicted octanol–water partition coefficient (Wildman–Crippen LogP) is 0.871. The Labute approximate surface area is 97.4 Å². The van der Waals surface area contributed by atoms with Crippen LogP contribution >= 0.6 is 11.6 Å². The number of hydrogen-bond acceptors (Lipinski definition) is 4. The highest BCUT2D eigenvalue weighted by Crippen LogP contribution is 2.33. The van der Waals surface area contributed by atoms with Crippen LogP contribution in [0.5, 0.6) is 0 Å². The maximum atomic E-state index is 11.7. The molecular formula is C10H12ClN3O2. The Bertz CT molecular complexity index is 479. The molecule has 0 saturated carbocycles. The van der Waals surface area contributed by atoms with E-state index in [2.05, 4.69) is 10.3 Å². The summed E-state index contributed by atoms with van der Waals surface area (Å²) in [4.78, 5) is 15.4. The zero-order valence-electron chi connectivity index (χ0n) is 8.70. The third kappa shape index (κ3) is 1.51. The molecular weight excluding hydrogens is 230 g/mol. The van der Waals surface area contributed by atoms with Gasteiger partial charge in [0.25, 0.3) is 0 Å². The van der Waals surface area contributed by atoms with E-state index in [-0.39, 0.29) is 16.4 Å². The van der Waals surface area contributed by atoms with Gasteiger partial charge in [0, 0.05) is 19.3 Å². The summed E-state index contributed by atoms with van der Waals surface area (Å²) in [6, 6.07) is 1.70. The minimum atomic E-state index is -0.279. The van der Waals surface area contributed by atoms with Gasteiger partial charge in [-0.25, -0.2) is 4.79 Å². The van der Waals surface area contributed by atoms with Crippen molar-refractivity contribution in [2.75, 3.05) is 18.5 Å². The number of halogens is 1. The molecule has 3 rings (SSSR count). The summed E-state index contributed by atoms with van der Waals surface area (Å²) in [6.07, 6.45) is 1.82. The predicted molar refractivity (Wildman–Crippen MR) is 59.9 cm³/mol. The van der Waals surface area contributed by atoms with Crippen LogP contribution in [0.2, 0.25) is 5.15 Å². The van der Waals surface area contributed by atoms with Crippen molar-refractivity contribution in [2.24, 2.45) is 0 Å². The summed E-state index contributed by atoms with van der Waals surface area (Å²) in [5.41, 5.74) is -0.324. The zero-order valence-corrected chi connectivity index (χ0v) is 9.46. The van der Waals surface area contributed by atoms with Crippen molar-refractivity contribution in [3.8, 4) is 0 Å². The van der Waals surface area contributed by atoms with Crippen LogP contribution in [0.25, 0.3) is 0 Å². The molecule has 1 aromatic heterocycles. The fourth-order valence-corrected chi connectivity index (χ4v) is 2.57. The number of nitrogens with one attached hydrogen (secondary N) is 1. The van der Waals surface area contributed by atoms with E-state index in [0.717, 1.165) is 31.9 Å². The quantitative estimate of drug-likeness (QED) is 0.685. The molecule has 16 heavy (non-hydrogen) atoms. The first-order chi connectivity index (χ1) is 7.69. The molecule has 0 atom stereocenters. The Morgan fingerprint density at radius 2 is 2.25 bits per heavy atom. The van der Waals surface area contributed by atoms with Gasteiger partial charge in [-0.1, -0.05) is 11.6 Å². The summed E-state index contributed by atoms with van der Waals surface area (Å²) in [6.45, 7) is 2.13. The lowest BCUT2D eigenvalue weighted by molar-refractivity contribution is 0.0587. The normalized spacial score (nSPS) is 21.8. The van der Waals surface area contributed by atoms with E-state index in [1.165, 1.54) is 0 Å². The van der Waals surface area contributed by atoms with E-state index >= 15 is 0 Å². The first-order valence-electron chi connectivity index (χ1n) is 5.32. The second-order valence-corrected chi connectivity index (χ2v) is 4.74. The minimum absolute atomic E-state index is 0.0449. The molecule has 0 bridgehead atoms. The highest BCUT2D eigenvalue weighted by atomic mass is 35.5. The number of ether oxygens (including phenoxy) is 1. The Morgan fingerprint density at radius 3 is 3.00 bits per heavy atom. The number of fused-ring (bicyclic) bond motifs is 1. The Balaban J connectivity index is 1.99. The van der Waals surface area contributed by atoms with Gasteiger partial charge < -0.3 is 10.1 Å². The fourth-order valence-electron chi connectivity index (χ4n) is 2.39. The van der Waals surface area contributed by atoms with E-state index in [0.29, 0.717) is 6.54 Å². The van der Waals surface area contributed by atoms with E-state index in [1.807, 2.05) is 0 Å². The van der Waals surface area contributed by atoms with Gasteiger partial charge in [0.2, 0.25) is 0 Å². The summed E-state index contributed by atoms with van der Waals surface area (Å²) < 4.78 is 6.99. The molecule has 1 spiro atoms. The van der Waals surface area contributed by atoms with Crippen molar-refractivity contribution in [3.05, 3.63) is 21.7 Å². The summed E-state index contributed by atoms with van der Waals surface area (Å²) in [5.74, 6) is 0.770. The molecule has 0 aromatic carbocycles. The van der Waals surface area contributed by atoms with Crippen LogP contribution < -0.4 is 11.0 Å². The molecule has 0 radical (unpaired) electrons. The van der Waals surface area contributed by atoms with E-state index in [4.69, 9.17) is 16.3 Å². The van der Waals surface area contributed by atoms with Crippen molar-refractivity contribution < 1.29 is 4.74 Å². The molecule has 6 heteroatoms. The monoisotopic (exact) mass is 241 g/mol. The molecule has 0 unspecified atom stereocenters. The van der Waals surface area contributed by atoms with Crippen molar-refractivity contribution >= 4 is 17.4 Å². The second-order valence-electron chi connectivity index (χ2n) is 4.35. The molecule has 2 aliphatic rings. The molecule has 3 heterocycles. The number of aromatic nitrogens is 2. The molecule has 0 aliphatic carbocycles. The highest BCUT2D eigenvalue weighted by molar-refractivity contribution is 6.29. The van der Waals surface area contributed by atoms with Gasteiger partial charge in [0.15, 0.2) is 0 Å². The van der Waals surface area contributed by atoms with Crippen LogP contribution in [-0.2, 0) is 11.3 Å². The fraction of sp³-hybridized carbons (Fsp3) is 0.600. The van der Waals surface area contributed by atoms with E-state index in [9.17, 15) is 4.79 Å². The minimum Gasteiger partial charge on any atom is -0.381 e. The van der Waals surface area contributed by atoms with Gasteiger partial charge in [0.1, 0.15) is 11.0 Å². The van der Waals surface area contributed by atoms with Crippen LogP contribution in [-0.4, -0.2) is 28.3 Å². The third-order valence-corrected chi connectivity index (χ3v) is 3.48. The highest BCUT2D eigenvalue weighted by Gasteiger charge is 2.39. The van der Waals surface area contributed by atoms with Gasteiger partial charge in [0.05, 0.1) is 12.1 Å². The lowest BCUT2D eigenvalue weighted by atomic mass is 9.91.